The van der Waals surface area contributed by atoms with Crippen molar-refractivity contribution in [2.24, 2.45) is 0 Å². The topological polar surface area (TPSA) is 6.48 Å². The highest BCUT2D eigenvalue weighted by Crippen LogP contribution is 2.47. The summed E-state index contributed by atoms with van der Waals surface area (Å²) in [7, 11) is 0. The predicted octanol–water partition coefficient (Wildman–Crippen LogP) is 13.4. The van der Waals surface area contributed by atoms with Gasteiger partial charge >= 0.3 is 0 Å². The molecule has 2 heteroatoms. The van der Waals surface area contributed by atoms with E-state index in [1.54, 1.807) is 0 Å². The van der Waals surface area contributed by atoms with Crippen molar-refractivity contribution in [2.75, 3.05) is 9.80 Å². The third kappa shape index (κ3) is 6.40. The summed E-state index contributed by atoms with van der Waals surface area (Å²) in [5.74, 6) is 0. The van der Waals surface area contributed by atoms with Gasteiger partial charge in [-0.05, 0) is 124 Å². The van der Waals surface area contributed by atoms with E-state index < -0.39 is 0 Å². The van der Waals surface area contributed by atoms with E-state index in [0.717, 1.165) is 0 Å². The predicted molar refractivity (Wildman–Crippen MR) is 207 cm³/mol. The Kier molecular flexibility index (Phi) is 8.91. The van der Waals surface area contributed by atoms with Crippen LogP contribution in [0.3, 0.4) is 0 Å². The molecule has 1 aliphatic rings. The fraction of sp³-hybridized carbons (Fsp3) is 0.217. The fourth-order valence-corrected chi connectivity index (χ4v) is 7.43. The van der Waals surface area contributed by atoms with Crippen molar-refractivity contribution in [1.82, 2.24) is 0 Å². The number of hydrogen-bond donors (Lipinski definition) is 0. The Morgan fingerprint density at radius 3 is 0.812 bits per heavy atom. The molecule has 1 saturated carbocycles. The smallest absolute Gasteiger partial charge is 0.0461 e. The summed E-state index contributed by atoms with van der Waals surface area (Å²) in [6.07, 6.45) is 6.15. The van der Waals surface area contributed by atoms with Crippen molar-refractivity contribution in [3.05, 3.63) is 179 Å². The maximum atomic E-state index is 2.40. The van der Waals surface area contributed by atoms with Crippen LogP contribution < -0.4 is 9.80 Å². The fourth-order valence-electron chi connectivity index (χ4n) is 7.43. The van der Waals surface area contributed by atoms with Crippen molar-refractivity contribution in [3.63, 3.8) is 0 Å². The molecule has 2 nitrogen and oxygen atoms in total. The van der Waals surface area contributed by atoms with Gasteiger partial charge in [0.1, 0.15) is 0 Å². The number of benzene rings is 6. The van der Waals surface area contributed by atoms with Crippen molar-refractivity contribution in [2.45, 2.75) is 65.2 Å². The summed E-state index contributed by atoms with van der Waals surface area (Å²) in [4.78, 5) is 4.74. The lowest BCUT2D eigenvalue weighted by Gasteiger charge is -2.39. The molecule has 6 aromatic rings. The zero-order valence-electron chi connectivity index (χ0n) is 28.8. The van der Waals surface area contributed by atoms with Gasteiger partial charge in [-0.1, -0.05) is 114 Å². The molecule has 1 aliphatic carbocycles. The third-order valence-electron chi connectivity index (χ3n) is 10.2. The molecule has 48 heavy (non-hydrogen) atoms. The van der Waals surface area contributed by atoms with Crippen LogP contribution in [0.5, 0.6) is 0 Å². The first-order valence-corrected chi connectivity index (χ1v) is 17.5. The van der Waals surface area contributed by atoms with Gasteiger partial charge < -0.3 is 9.80 Å². The van der Waals surface area contributed by atoms with E-state index in [9.17, 15) is 0 Å². The van der Waals surface area contributed by atoms with Gasteiger partial charge in [0.25, 0.3) is 0 Å². The second-order valence-electron chi connectivity index (χ2n) is 13.7. The molecule has 0 unspecified atom stereocenters. The lowest BCUT2D eigenvalue weighted by atomic mass is 9.65. The molecule has 1 fully saturated rings. The summed E-state index contributed by atoms with van der Waals surface area (Å²) in [6.45, 7) is 8.59. The Labute approximate surface area is 288 Å². The molecule has 0 atom stereocenters. The zero-order chi connectivity index (χ0) is 33.1. The Bertz CT molecular complexity index is 1700. The molecule has 0 aliphatic heterocycles. The lowest BCUT2D eigenvalue weighted by molar-refractivity contribution is 0.346. The maximum absolute atomic E-state index is 2.40. The van der Waals surface area contributed by atoms with Crippen LogP contribution in [0, 0.1) is 27.7 Å². The quantitative estimate of drug-likeness (QED) is 0.165. The first kappa shape index (κ1) is 31.5. The molecule has 7 rings (SSSR count). The molecule has 0 saturated heterocycles. The SMILES string of the molecule is Cc1ccc(N(c2ccc(C)cc2)c2ccc(C3(c4ccc(N(c5ccc(C)cc5)c5ccc(C)cc5)cc4)CCCCC3)cc2)cc1.[HH]. The zero-order valence-corrected chi connectivity index (χ0v) is 28.8. The monoisotopic (exact) mass is 628 g/mol. The van der Waals surface area contributed by atoms with Crippen LogP contribution in [0.4, 0.5) is 34.1 Å². The second kappa shape index (κ2) is 13.6. The normalized spacial score (nSPS) is 14.0. The molecule has 0 aromatic heterocycles. The Morgan fingerprint density at radius 1 is 0.333 bits per heavy atom. The summed E-state index contributed by atoms with van der Waals surface area (Å²) >= 11 is 0. The van der Waals surface area contributed by atoms with Crippen LogP contribution >= 0.6 is 0 Å². The van der Waals surface area contributed by atoms with Gasteiger partial charge in [-0.25, -0.2) is 0 Å². The van der Waals surface area contributed by atoms with Crippen LogP contribution in [0.25, 0.3) is 0 Å². The molecule has 0 N–H and O–H groups in total. The summed E-state index contributed by atoms with van der Waals surface area (Å²) in [5, 5.41) is 0. The van der Waals surface area contributed by atoms with Gasteiger partial charge in [-0.15, -0.1) is 0 Å². The minimum atomic E-state index is 0. The first-order valence-electron chi connectivity index (χ1n) is 17.5. The van der Waals surface area contributed by atoms with Gasteiger partial charge in [-0.2, -0.15) is 0 Å². The third-order valence-corrected chi connectivity index (χ3v) is 10.2. The van der Waals surface area contributed by atoms with Crippen molar-refractivity contribution < 1.29 is 1.43 Å². The largest absolute Gasteiger partial charge is 0.311 e. The molecule has 0 bridgehead atoms. The van der Waals surface area contributed by atoms with Gasteiger partial charge in [0.15, 0.2) is 0 Å². The van der Waals surface area contributed by atoms with Gasteiger partial charge in [0.2, 0.25) is 0 Å². The average molecular weight is 629 g/mol. The molecule has 0 radical (unpaired) electrons. The Morgan fingerprint density at radius 2 is 0.562 bits per heavy atom. The minimum Gasteiger partial charge on any atom is -0.311 e. The van der Waals surface area contributed by atoms with E-state index >= 15 is 0 Å². The van der Waals surface area contributed by atoms with Crippen LogP contribution in [0.15, 0.2) is 146 Å². The summed E-state index contributed by atoms with van der Waals surface area (Å²) in [6, 6.07) is 54.3. The van der Waals surface area contributed by atoms with E-state index in [1.165, 1.54) is 99.6 Å². The van der Waals surface area contributed by atoms with Gasteiger partial charge in [0.05, 0.1) is 0 Å². The highest BCUT2D eigenvalue weighted by Gasteiger charge is 2.36. The van der Waals surface area contributed by atoms with Gasteiger partial charge in [0, 0.05) is 41.0 Å². The summed E-state index contributed by atoms with van der Waals surface area (Å²) in [5.41, 5.74) is 15.0. The first-order chi connectivity index (χ1) is 23.4. The van der Waals surface area contributed by atoms with Crippen LogP contribution in [0.1, 0.15) is 66.9 Å². The standard InChI is InChI=1S/C46H46N2.H2/c1-34-8-20-40(21-9-34)47(41-22-10-35(2)11-23-41)44-28-16-38(17-29-44)46(32-6-5-7-33-46)39-18-30-45(31-19-39)48(42-24-12-36(3)13-25-42)43-26-14-37(4)15-27-43;/h8-31H,5-7,32-33H2,1-4H3;1H. The summed E-state index contributed by atoms with van der Waals surface area (Å²) < 4.78 is 0. The Balaban J connectivity index is 0.00000417. The molecule has 0 spiro atoms. The highest BCUT2D eigenvalue weighted by molar-refractivity contribution is 5.78. The van der Waals surface area contributed by atoms with E-state index in [4.69, 9.17) is 0 Å². The van der Waals surface area contributed by atoms with E-state index in [2.05, 4.69) is 183 Å². The van der Waals surface area contributed by atoms with Crippen LogP contribution in [-0.4, -0.2) is 0 Å². The van der Waals surface area contributed by atoms with Crippen LogP contribution in [0.2, 0.25) is 0 Å². The van der Waals surface area contributed by atoms with E-state index in [-0.39, 0.29) is 6.84 Å². The number of anilines is 6. The molecule has 0 amide bonds. The number of nitrogens with zero attached hydrogens (tertiary/aromatic N) is 2. The number of rotatable bonds is 8. The second-order valence-corrected chi connectivity index (χ2v) is 13.7. The number of hydrogen-bond acceptors (Lipinski definition) is 2. The molecular weight excluding hydrogens is 581 g/mol. The molecule has 0 heterocycles. The Hall–Kier alpha value is -5.08. The van der Waals surface area contributed by atoms with E-state index in [1.807, 2.05) is 0 Å². The maximum Gasteiger partial charge on any atom is 0.0461 e. The minimum absolute atomic E-state index is 0. The lowest BCUT2D eigenvalue weighted by Crippen LogP contribution is -2.30. The van der Waals surface area contributed by atoms with Crippen LogP contribution in [-0.2, 0) is 5.41 Å². The highest BCUT2D eigenvalue weighted by atomic mass is 15.1. The molecule has 242 valence electrons. The van der Waals surface area contributed by atoms with Crippen molar-refractivity contribution in [1.29, 1.82) is 0 Å². The molecular formula is C46H48N2. The van der Waals surface area contributed by atoms with Crippen molar-refractivity contribution >= 4 is 34.1 Å². The van der Waals surface area contributed by atoms with Gasteiger partial charge in [-0.3, -0.25) is 0 Å². The van der Waals surface area contributed by atoms with E-state index in [0.29, 0.717) is 0 Å². The van der Waals surface area contributed by atoms with Crippen molar-refractivity contribution in [3.8, 4) is 0 Å². The number of aryl methyl sites for hydroxylation is 4. The average Bonchev–Trinajstić information content (AvgIpc) is 3.13. The molecule has 6 aromatic carbocycles.